The Labute approximate surface area is 134 Å². The number of benzene rings is 1. The van der Waals surface area contributed by atoms with E-state index in [9.17, 15) is 8.78 Å². The lowest BCUT2D eigenvalue weighted by Gasteiger charge is -2.20. The summed E-state index contributed by atoms with van der Waals surface area (Å²) in [6.45, 7) is 2.80. The van der Waals surface area contributed by atoms with Gasteiger partial charge in [-0.2, -0.15) is 0 Å². The zero-order valence-electron chi connectivity index (χ0n) is 10.7. The Morgan fingerprint density at radius 1 is 1.35 bits per heavy atom. The molecule has 1 aromatic carbocycles. The van der Waals surface area contributed by atoms with E-state index in [4.69, 9.17) is 11.6 Å². The van der Waals surface area contributed by atoms with Gasteiger partial charge in [-0.15, -0.1) is 11.3 Å². The predicted octanol–water partition coefficient (Wildman–Crippen LogP) is 5.53. The topological polar surface area (TPSA) is 12.0 Å². The van der Waals surface area contributed by atoms with Gasteiger partial charge in [-0.05, 0) is 52.0 Å². The number of rotatable bonds is 5. The van der Waals surface area contributed by atoms with Crippen molar-refractivity contribution in [2.45, 2.75) is 19.4 Å². The van der Waals surface area contributed by atoms with Gasteiger partial charge >= 0.3 is 0 Å². The van der Waals surface area contributed by atoms with E-state index in [0.717, 1.165) is 23.9 Å². The molecule has 0 amide bonds. The number of halogens is 4. The molecule has 6 heteroatoms. The molecule has 0 radical (unpaired) electrons. The molecule has 0 spiro atoms. The average molecular weight is 381 g/mol. The van der Waals surface area contributed by atoms with Gasteiger partial charge < -0.3 is 5.32 Å². The molecule has 20 heavy (non-hydrogen) atoms. The van der Waals surface area contributed by atoms with Gasteiger partial charge in [0, 0.05) is 4.88 Å². The first-order valence-electron chi connectivity index (χ1n) is 6.16. The van der Waals surface area contributed by atoms with Gasteiger partial charge in [-0.3, -0.25) is 0 Å². The molecule has 0 aliphatic carbocycles. The van der Waals surface area contributed by atoms with Gasteiger partial charge in [-0.1, -0.05) is 24.6 Å². The molecule has 0 fully saturated rings. The summed E-state index contributed by atoms with van der Waals surface area (Å²) in [5.74, 6) is -1.74. The molecule has 0 saturated heterocycles. The van der Waals surface area contributed by atoms with Gasteiger partial charge in [0.2, 0.25) is 0 Å². The number of thiophene rings is 1. The molecule has 0 saturated carbocycles. The third-order valence-corrected chi connectivity index (χ3v) is 5.11. The average Bonchev–Trinajstić information content (AvgIpc) is 2.85. The van der Waals surface area contributed by atoms with Crippen molar-refractivity contribution in [3.8, 4) is 0 Å². The number of nitrogens with one attached hydrogen (secondary N) is 1. The van der Waals surface area contributed by atoms with E-state index < -0.39 is 11.6 Å². The molecule has 1 atom stereocenters. The summed E-state index contributed by atoms with van der Waals surface area (Å²) in [6, 6.07) is 4.26. The van der Waals surface area contributed by atoms with Crippen molar-refractivity contribution in [3.05, 3.63) is 55.1 Å². The smallest absolute Gasteiger partial charge is 0.173 e. The van der Waals surface area contributed by atoms with Gasteiger partial charge in [0.05, 0.1) is 15.5 Å². The maximum atomic E-state index is 13.7. The monoisotopic (exact) mass is 379 g/mol. The standard InChI is InChI=1S/C14H13BrClF2NS/c1-2-6-19-13(14-9(16)5-7-20-14)8-3-4-10(17)12(18)11(8)15/h3-5,7,13,19H,2,6H2,1H3. The van der Waals surface area contributed by atoms with Gasteiger partial charge in [0.15, 0.2) is 11.6 Å². The normalized spacial score (nSPS) is 12.7. The highest BCUT2D eigenvalue weighted by molar-refractivity contribution is 9.10. The lowest BCUT2D eigenvalue weighted by atomic mass is 10.0. The first kappa shape index (κ1) is 15.9. The Morgan fingerprint density at radius 2 is 2.10 bits per heavy atom. The summed E-state index contributed by atoms with van der Waals surface area (Å²) in [5, 5.41) is 5.83. The van der Waals surface area contributed by atoms with Crippen LogP contribution in [0.25, 0.3) is 0 Å². The van der Waals surface area contributed by atoms with Crippen LogP contribution in [-0.4, -0.2) is 6.54 Å². The van der Waals surface area contributed by atoms with Crippen LogP contribution in [0.3, 0.4) is 0 Å². The van der Waals surface area contributed by atoms with Gasteiger partial charge in [0.25, 0.3) is 0 Å². The van der Waals surface area contributed by atoms with E-state index >= 15 is 0 Å². The van der Waals surface area contributed by atoms with Crippen molar-refractivity contribution in [2.24, 2.45) is 0 Å². The summed E-state index contributed by atoms with van der Waals surface area (Å²) in [4.78, 5) is 0.895. The molecule has 0 aliphatic heterocycles. The van der Waals surface area contributed by atoms with Crippen LogP contribution in [0, 0.1) is 11.6 Å². The zero-order valence-corrected chi connectivity index (χ0v) is 13.9. The van der Waals surface area contributed by atoms with E-state index in [0.29, 0.717) is 10.6 Å². The van der Waals surface area contributed by atoms with Crippen molar-refractivity contribution < 1.29 is 8.78 Å². The van der Waals surface area contributed by atoms with Crippen molar-refractivity contribution in [1.29, 1.82) is 0 Å². The summed E-state index contributed by atoms with van der Waals surface area (Å²) in [5.41, 5.74) is 0.640. The van der Waals surface area contributed by atoms with E-state index in [-0.39, 0.29) is 10.5 Å². The molecule has 1 heterocycles. The second-order valence-corrected chi connectivity index (χ2v) is 6.43. The van der Waals surface area contributed by atoms with E-state index in [1.165, 1.54) is 11.3 Å². The maximum absolute atomic E-state index is 13.7. The highest BCUT2D eigenvalue weighted by atomic mass is 79.9. The van der Waals surface area contributed by atoms with Crippen molar-refractivity contribution in [3.63, 3.8) is 0 Å². The van der Waals surface area contributed by atoms with Crippen LogP contribution >= 0.6 is 38.9 Å². The van der Waals surface area contributed by atoms with Gasteiger partial charge in [-0.25, -0.2) is 8.78 Å². The largest absolute Gasteiger partial charge is 0.306 e. The summed E-state index contributed by atoms with van der Waals surface area (Å²) in [6.07, 6.45) is 0.931. The minimum atomic E-state index is -0.876. The molecule has 0 aliphatic rings. The Morgan fingerprint density at radius 3 is 2.70 bits per heavy atom. The molecule has 2 aromatic rings. The molecular weight excluding hydrogens is 368 g/mol. The molecule has 1 unspecified atom stereocenters. The highest BCUT2D eigenvalue weighted by Crippen LogP contribution is 2.37. The quantitative estimate of drug-likeness (QED) is 0.672. The minimum Gasteiger partial charge on any atom is -0.306 e. The molecule has 2 rings (SSSR count). The van der Waals surface area contributed by atoms with Gasteiger partial charge in [0.1, 0.15) is 0 Å². The predicted molar refractivity (Wildman–Crippen MR) is 83.5 cm³/mol. The Kier molecular flexibility index (Phi) is 5.55. The molecular formula is C14H13BrClF2NS. The van der Waals surface area contributed by atoms with Crippen molar-refractivity contribution >= 4 is 38.9 Å². The van der Waals surface area contributed by atoms with Crippen molar-refractivity contribution in [1.82, 2.24) is 5.32 Å². The van der Waals surface area contributed by atoms with Crippen LogP contribution < -0.4 is 5.32 Å². The highest BCUT2D eigenvalue weighted by Gasteiger charge is 2.23. The number of hydrogen-bond donors (Lipinski definition) is 1. The Balaban J connectivity index is 2.47. The zero-order chi connectivity index (χ0) is 14.7. The second-order valence-electron chi connectivity index (χ2n) is 4.28. The molecule has 108 valence electrons. The molecule has 1 aromatic heterocycles. The van der Waals surface area contributed by atoms with E-state index in [1.807, 2.05) is 12.3 Å². The SMILES string of the molecule is CCCNC(c1ccc(F)c(F)c1Br)c1sccc1Cl. The third-order valence-electron chi connectivity index (χ3n) is 2.88. The Bertz CT molecular complexity index is 603. The maximum Gasteiger partial charge on any atom is 0.173 e. The van der Waals surface area contributed by atoms with Crippen LogP contribution in [0.15, 0.2) is 28.1 Å². The van der Waals surface area contributed by atoms with Crippen LogP contribution in [0.1, 0.15) is 29.8 Å². The fourth-order valence-electron chi connectivity index (χ4n) is 1.91. The van der Waals surface area contributed by atoms with Crippen LogP contribution in [-0.2, 0) is 0 Å². The Hall–Kier alpha value is -0.490. The third kappa shape index (κ3) is 3.22. The van der Waals surface area contributed by atoms with E-state index in [1.54, 1.807) is 12.1 Å². The fourth-order valence-corrected chi connectivity index (χ4v) is 3.72. The molecule has 0 bridgehead atoms. The first-order valence-corrected chi connectivity index (χ1v) is 8.21. The summed E-state index contributed by atoms with van der Waals surface area (Å²) in [7, 11) is 0. The second kappa shape index (κ2) is 6.98. The fraction of sp³-hybridized carbons (Fsp3) is 0.286. The molecule has 1 N–H and O–H groups in total. The minimum absolute atomic E-state index is 0.135. The lowest BCUT2D eigenvalue weighted by molar-refractivity contribution is 0.498. The summed E-state index contributed by atoms with van der Waals surface area (Å²) < 4.78 is 27.1. The van der Waals surface area contributed by atoms with Crippen LogP contribution in [0.2, 0.25) is 5.02 Å². The molecule has 1 nitrogen and oxygen atoms in total. The lowest BCUT2D eigenvalue weighted by Crippen LogP contribution is -2.23. The van der Waals surface area contributed by atoms with Crippen LogP contribution in [0.5, 0.6) is 0 Å². The number of hydrogen-bond acceptors (Lipinski definition) is 2. The van der Waals surface area contributed by atoms with Crippen LogP contribution in [0.4, 0.5) is 8.78 Å². The van der Waals surface area contributed by atoms with Crippen molar-refractivity contribution in [2.75, 3.05) is 6.54 Å². The summed E-state index contributed by atoms with van der Waals surface area (Å²) >= 11 is 10.8. The first-order chi connectivity index (χ1) is 9.56. The van der Waals surface area contributed by atoms with E-state index in [2.05, 4.69) is 21.2 Å².